The van der Waals surface area contributed by atoms with Crippen LogP contribution in [-0.2, 0) is 4.79 Å². The molecule has 8 heteroatoms. The Morgan fingerprint density at radius 2 is 2.26 bits per heavy atom. The number of nitrogens with zero attached hydrogens (tertiary/aromatic N) is 3. The first-order valence-electron chi connectivity index (χ1n) is 9.79. The van der Waals surface area contributed by atoms with Crippen molar-refractivity contribution in [1.82, 2.24) is 30.5 Å². The van der Waals surface area contributed by atoms with E-state index in [9.17, 15) is 9.59 Å². The highest BCUT2D eigenvalue weighted by Crippen LogP contribution is 2.38. The number of hydrogen-bond acceptors (Lipinski definition) is 4. The Labute approximate surface area is 158 Å². The first kappa shape index (κ1) is 17.8. The molecule has 2 aromatic heterocycles. The third-order valence-corrected chi connectivity index (χ3v) is 5.80. The number of hydrogen-bond donors (Lipinski definition) is 3. The molecule has 1 saturated carbocycles. The van der Waals surface area contributed by atoms with Gasteiger partial charge in [0.1, 0.15) is 0 Å². The van der Waals surface area contributed by atoms with Crippen LogP contribution in [0, 0.1) is 0 Å². The summed E-state index contributed by atoms with van der Waals surface area (Å²) in [6.07, 6.45) is 7.68. The van der Waals surface area contributed by atoms with Crippen molar-refractivity contribution in [1.29, 1.82) is 0 Å². The van der Waals surface area contributed by atoms with E-state index in [4.69, 9.17) is 0 Å². The average molecular weight is 370 g/mol. The molecule has 0 radical (unpaired) electrons. The van der Waals surface area contributed by atoms with Crippen molar-refractivity contribution in [3.05, 3.63) is 30.2 Å². The van der Waals surface area contributed by atoms with Gasteiger partial charge in [0.05, 0.1) is 17.6 Å². The van der Waals surface area contributed by atoms with Crippen molar-refractivity contribution in [2.75, 3.05) is 0 Å². The van der Waals surface area contributed by atoms with Crippen LogP contribution in [0.5, 0.6) is 0 Å². The van der Waals surface area contributed by atoms with Crippen LogP contribution in [0.2, 0.25) is 0 Å². The van der Waals surface area contributed by atoms with E-state index in [1.807, 2.05) is 28.8 Å². The summed E-state index contributed by atoms with van der Waals surface area (Å²) < 4.78 is 1.91. The van der Waals surface area contributed by atoms with Crippen LogP contribution in [0.25, 0.3) is 5.65 Å². The Hall–Kier alpha value is -2.64. The first-order valence-corrected chi connectivity index (χ1v) is 9.79. The van der Waals surface area contributed by atoms with Gasteiger partial charge in [-0.2, -0.15) is 0 Å². The second-order valence-corrected chi connectivity index (χ2v) is 7.60. The average Bonchev–Trinajstić information content (AvgIpc) is 3.05. The first-order chi connectivity index (χ1) is 13.1. The number of amides is 3. The Bertz CT molecular complexity index is 844. The molecular formula is C19H26N6O2. The maximum atomic E-state index is 12.7. The van der Waals surface area contributed by atoms with Crippen LogP contribution in [0.1, 0.15) is 63.7 Å². The summed E-state index contributed by atoms with van der Waals surface area (Å²) in [4.78, 5) is 24.5. The van der Waals surface area contributed by atoms with Crippen LogP contribution in [-0.4, -0.2) is 38.1 Å². The molecule has 2 atom stereocenters. The van der Waals surface area contributed by atoms with E-state index in [0.29, 0.717) is 12.8 Å². The molecule has 144 valence electrons. The van der Waals surface area contributed by atoms with Gasteiger partial charge in [0.25, 0.3) is 0 Å². The molecule has 27 heavy (non-hydrogen) atoms. The van der Waals surface area contributed by atoms with Gasteiger partial charge < -0.3 is 16.0 Å². The quantitative estimate of drug-likeness (QED) is 0.750. The number of carbonyl (C=O) groups is 2. The Kier molecular flexibility index (Phi) is 4.72. The lowest BCUT2D eigenvalue weighted by Crippen LogP contribution is -2.69. The summed E-state index contributed by atoms with van der Waals surface area (Å²) >= 11 is 0. The number of pyridine rings is 1. The predicted octanol–water partition coefficient (Wildman–Crippen LogP) is 2.07. The molecule has 0 bridgehead atoms. The number of aromatic nitrogens is 3. The van der Waals surface area contributed by atoms with E-state index in [-0.39, 0.29) is 29.6 Å². The molecular weight excluding hydrogens is 344 g/mol. The van der Waals surface area contributed by atoms with Gasteiger partial charge in [-0.3, -0.25) is 9.20 Å². The second-order valence-electron chi connectivity index (χ2n) is 7.60. The molecule has 2 aliphatic rings. The van der Waals surface area contributed by atoms with Crippen molar-refractivity contribution >= 4 is 17.6 Å². The SMILES string of the molecule is CCCC(NC(=O)NC1CCC(=O)NC12CCC2)c1nnc2ccccn12. The van der Waals surface area contributed by atoms with Crippen LogP contribution < -0.4 is 16.0 Å². The zero-order valence-electron chi connectivity index (χ0n) is 15.6. The molecule has 2 fully saturated rings. The monoisotopic (exact) mass is 370 g/mol. The molecule has 8 nitrogen and oxygen atoms in total. The van der Waals surface area contributed by atoms with E-state index in [0.717, 1.165) is 43.6 Å². The van der Waals surface area contributed by atoms with Crippen LogP contribution >= 0.6 is 0 Å². The lowest BCUT2D eigenvalue weighted by Gasteiger charge is -2.50. The van der Waals surface area contributed by atoms with E-state index >= 15 is 0 Å². The molecule has 3 heterocycles. The molecule has 0 aromatic carbocycles. The van der Waals surface area contributed by atoms with Gasteiger partial charge in [0.15, 0.2) is 11.5 Å². The maximum absolute atomic E-state index is 12.7. The molecule has 1 aliphatic heterocycles. The van der Waals surface area contributed by atoms with Gasteiger partial charge in [-0.25, -0.2) is 4.79 Å². The zero-order valence-corrected chi connectivity index (χ0v) is 15.6. The Balaban J connectivity index is 1.47. The molecule has 3 amide bonds. The fourth-order valence-electron chi connectivity index (χ4n) is 4.23. The van der Waals surface area contributed by atoms with E-state index < -0.39 is 0 Å². The summed E-state index contributed by atoms with van der Waals surface area (Å²) in [5, 5.41) is 17.8. The summed E-state index contributed by atoms with van der Waals surface area (Å²) in [6.45, 7) is 2.08. The van der Waals surface area contributed by atoms with Gasteiger partial charge in [0, 0.05) is 12.6 Å². The van der Waals surface area contributed by atoms with Crippen molar-refractivity contribution in [3.8, 4) is 0 Å². The Morgan fingerprint density at radius 1 is 1.41 bits per heavy atom. The standard InChI is InChI=1S/C19H26N6O2/c1-2-6-13(17-24-23-15-7-3-4-12-25(15)17)20-18(27)21-14-8-9-16(26)22-19(14)10-5-11-19/h3-4,7,12-14H,2,5-6,8-11H2,1H3,(H,22,26)(H2,20,21,27). The van der Waals surface area contributed by atoms with Gasteiger partial charge >= 0.3 is 6.03 Å². The lowest BCUT2D eigenvalue weighted by atomic mass is 9.68. The molecule has 1 spiro atoms. The minimum absolute atomic E-state index is 0.0265. The predicted molar refractivity (Wildman–Crippen MR) is 100 cm³/mol. The van der Waals surface area contributed by atoms with E-state index in [2.05, 4.69) is 33.1 Å². The Morgan fingerprint density at radius 3 is 3.00 bits per heavy atom. The summed E-state index contributed by atoms with van der Waals surface area (Å²) in [5.74, 6) is 0.824. The summed E-state index contributed by atoms with van der Waals surface area (Å²) in [5.41, 5.74) is 0.508. The fourth-order valence-corrected chi connectivity index (χ4v) is 4.23. The zero-order chi connectivity index (χ0) is 18.9. The number of urea groups is 1. The van der Waals surface area contributed by atoms with Crippen molar-refractivity contribution in [2.45, 2.75) is 69.5 Å². The largest absolute Gasteiger partial charge is 0.349 e. The number of rotatable bonds is 5. The third kappa shape index (κ3) is 3.36. The van der Waals surface area contributed by atoms with E-state index in [1.54, 1.807) is 0 Å². The minimum Gasteiger partial charge on any atom is -0.349 e. The number of fused-ring (bicyclic) bond motifs is 1. The molecule has 2 aromatic rings. The molecule has 1 saturated heterocycles. The highest BCUT2D eigenvalue weighted by molar-refractivity contribution is 5.80. The maximum Gasteiger partial charge on any atom is 0.315 e. The molecule has 1 aliphatic carbocycles. The third-order valence-electron chi connectivity index (χ3n) is 5.80. The van der Waals surface area contributed by atoms with Gasteiger partial charge in [0.2, 0.25) is 5.91 Å². The van der Waals surface area contributed by atoms with Crippen LogP contribution in [0.4, 0.5) is 4.79 Å². The normalized spacial score (nSPS) is 22.1. The van der Waals surface area contributed by atoms with Crippen LogP contribution in [0.15, 0.2) is 24.4 Å². The lowest BCUT2D eigenvalue weighted by molar-refractivity contribution is -0.127. The highest BCUT2D eigenvalue weighted by Gasteiger charge is 2.48. The van der Waals surface area contributed by atoms with E-state index in [1.165, 1.54) is 0 Å². The van der Waals surface area contributed by atoms with Crippen LogP contribution in [0.3, 0.4) is 0 Å². The smallest absolute Gasteiger partial charge is 0.315 e. The van der Waals surface area contributed by atoms with Gasteiger partial charge in [-0.05, 0) is 44.2 Å². The number of piperidine rings is 1. The topological polar surface area (TPSA) is 100 Å². The fraction of sp³-hybridized carbons (Fsp3) is 0.579. The molecule has 4 rings (SSSR count). The van der Waals surface area contributed by atoms with Crippen molar-refractivity contribution < 1.29 is 9.59 Å². The van der Waals surface area contributed by atoms with Gasteiger partial charge in [-0.15, -0.1) is 10.2 Å². The number of carbonyl (C=O) groups excluding carboxylic acids is 2. The van der Waals surface area contributed by atoms with Gasteiger partial charge in [-0.1, -0.05) is 19.4 Å². The van der Waals surface area contributed by atoms with Crippen molar-refractivity contribution in [3.63, 3.8) is 0 Å². The molecule has 3 N–H and O–H groups in total. The number of nitrogens with one attached hydrogen (secondary N) is 3. The second kappa shape index (κ2) is 7.17. The molecule has 2 unspecified atom stereocenters. The highest BCUT2D eigenvalue weighted by atomic mass is 16.2. The summed E-state index contributed by atoms with van der Waals surface area (Å²) in [6, 6.07) is 5.27. The minimum atomic E-state index is -0.255. The van der Waals surface area contributed by atoms with Crippen molar-refractivity contribution in [2.24, 2.45) is 0 Å². The summed E-state index contributed by atoms with van der Waals surface area (Å²) in [7, 11) is 0.